The Balaban J connectivity index is 1.23. The minimum atomic E-state index is -0.219. The van der Waals surface area contributed by atoms with Gasteiger partial charge in [-0.2, -0.15) is 0 Å². The van der Waals surface area contributed by atoms with Crippen LogP contribution in [0.4, 0.5) is 4.39 Å². The smallest absolute Gasteiger partial charge is 0.226 e. The Morgan fingerprint density at radius 1 is 0.962 bits per heavy atom. The zero-order chi connectivity index (χ0) is 17.9. The van der Waals surface area contributed by atoms with Gasteiger partial charge in [-0.25, -0.2) is 4.39 Å². The highest BCUT2D eigenvalue weighted by molar-refractivity contribution is 5.83. The summed E-state index contributed by atoms with van der Waals surface area (Å²) in [5.74, 6) is 0.432. The van der Waals surface area contributed by atoms with Gasteiger partial charge in [0.05, 0.1) is 0 Å². The van der Waals surface area contributed by atoms with E-state index in [1.807, 2.05) is 23.1 Å². The second-order valence-electron chi connectivity index (χ2n) is 7.40. The molecule has 1 aliphatic heterocycles. The topological polar surface area (TPSA) is 23.6 Å². The third kappa shape index (κ3) is 3.96. The highest BCUT2D eigenvalue weighted by atomic mass is 19.1. The number of piperazine rings is 1. The van der Waals surface area contributed by atoms with Gasteiger partial charge in [0.2, 0.25) is 5.91 Å². The Bertz CT molecular complexity index is 738. The second-order valence-corrected chi connectivity index (χ2v) is 7.40. The van der Waals surface area contributed by atoms with Crippen LogP contribution in [0.5, 0.6) is 0 Å². The number of nitrogens with zero attached hydrogens (tertiary/aromatic N) is 2. The Morgan fingerprint density at radius 2 is 1.65 bits per heavy atom. The Kier molecular flexibility index (Phi) is 5.02. The lowest BCUT2D eigenvalue weighted by atomic mass is 10.1. The molecule has 1 amide bonds. The van der Waals surface area contributed by atoms with Crippen molar-refractivity contribution < 1.29 is 9.18 Å². The molecule has 1 saturated carbocycles. The standard InChI is InChI=1S/C22H25FN2O/c23-19-8-6-18(7-9-19)20-16-21(20)22(26)25-14-12-24(13-15-25)11-10-17-4-2-1-3-5-17/h1-9,20-21H,10-16H2. The summed E-state index contributed by atoms with van der Waals surface area (Å²) in [5, 5.41) is 0. The molecule has 2 aromatic rings. The van der Waals surface area contributed by atoms with Gasteiger partial charge in [0.1, 0.15) is 5.82 Å². The van der Waals surface area contributed by atoms with Crippen molar-refractivity contribution in [3.05, 3.63) is 71.5 Å². The van der Waals surface area contributed by atoms with Crippen molar-refractivity contribution in [3.63, 3.8) is 0 Å². The molecule has 1 saturated heterocycles. The molecular formula is C22H25FN2O. The largest absolute Gasteiger partial charge is 0.340 e. The second kappa shape index (κ2) is 7.58. The number of carbonyl (C=O) groups excluding carboxylic acids is 1. The van der Waals surface area contributed by atoms with Crippen LogP contribution in [0, 0.1) is 11.7 Å². The fourth-order valence-corrected chi connectivity index (χ4v) is 3.90. The molecule has 2 unspecified atom stereocenters. The molecule has 0 radical (unpaired) electrons. The van der Waals surface area contributed by atoms with E-state index in [-0.39, 0.29) is 23.6 Å². The van der Waals surface area contributed by atoms with Crippen molar-refractivity contribution in [2.45, 2.75) is 18.8 Å². The summed E-state index contributed by atoms with van der Waals surface area (Å²) < 4.78 is 13.0. The molecule has 2 fully saturated rings. The Hall–Kier alpha value is -2.20. The molecule has 0 N–H and O–H groups in total. The van der Waals surface area contributed by atoms with Crippen LogP contribution >= 0.6 is 0 Å². The number of benzene rings is 2. The van der Waals surface area contributed by atoms with Gasteiger partial charge < -0.3 is 4.90 Å². The normalized spacial score (nSPS) is 23.0. The molecule has 2 atom stereocenters. The summed E-state index contributed by atoms with van der Waals surface area (Å²) in [6.07, 6.45) is 1.96. The van der Waals surface area contributed by atoms with Crippen LogP contribution in [-0.4, -0.2) is 48.4 Å². The first-order valence-corrected chi connectivity index (χ1v) is 9.51. The van der Waals surface area contributed by atoms with Crippen molar-refractivity contribution in [1.29, 1.82) is 0 Å². The highest BCUT2D eigenvalue weighted by Gasteiger charge is 2.46. The van der Waals surface area contributed by atoms with Gasteiger partial charge in [-0.05, 0) is 42.0 Å². The molecule has 0 bridgehead atoms. The van der Waals surface area contributed by atoms with Crippen molar-refractivity contribution in [3.8, 4) is 0 Å². The zero-order valence-electron chi connectivity index (χ0n) is 15.0. The monoisotopic (exact) mass is 352 g/mol. The van der Waals surface area contributed by atoms with Crippen molar-refractivity contribution in [2.75, 3.05) is 32.7 Å². The minimum Gasteiger partial charge on any atom is -0.340 e. The van der Waals surface area contributed by atoms with Crippen LogP contribution in [0.1, 0.15) is 23.5 Å². The van der Waals surface area contributed by atoms with Crippen molar-refractivity contribution in [1.82, 2.24) is 9.80 Å². The lowest BCUT2D eigenvalue weighted by Gasteiger charge is -2.35. The summed E-state index contributed by atoms with van der Waals surface area (Å²) in [6, 6.07) is 17.2. The summed E-state index contributed by atoms with van der Waals surface area (Å²) in [5.41, 5.74) is 2.46. The van der Waals surface area contributed by atoms with E-state index in [0.717, 1.165) is 51.1 Å². The van der Waals surface area contributed by atoms with E-state index in [0.29, 0.717) is 0 Å². The maximum atomic E-state index is 13.0. The summed E-state index contributed by atoms with van der Waals surface area (Å²) in [7, 11) is 0. The number of hydrogen-bond acceptors (Lipinski definition) is 2. The molecule has 2 aromatic carbocycles. The molecule has 2 aliphatic rings. The molecule has 1 aliphatic carbocycles. The SMILES string of the molecule is O=C(C1CC1c1ccc(F)cc1)N1CCN(CCc2ccccc2)CC1. The van der Waals surface area contributed by atoms with E-state index in [9.17, 15) is 9.18 Å². The van der Waals surface area contributed by atoms with E-state index < -0.39 is 0 Å². The molecule has 3 nitrogen and oxygen atoms in total. The molecule has 0 spiro atoms. The minimum absolute atomic E-state index is 0.0938. The van der Waals surface area contributed by atoms with Gasteiger partial charge in [0, 0.05) is 38.6 Å². The maximum Gasteiger partial charge on any atom is 0.226 e. The molecule has 1 heterocycles. The van der Waals surface area contributed by atoms with E-state index in [1.54, 1.807) is 0 Å². The average molecular weight is 352 g/mol. The molecule has 26 heavy (non-hydrogen) atoms. The van der Waals surface area contributed by atoms with Crippen molar-refractivity contribution >= 4 is 5.91 Å². The average Bonchev–Trinajstić information content (AvgIpc) is 3.48. The number of rotatable bonds is 5. The lowest BCUT2D eigenvalue weighted by Crippen LogP contribution is -2.49. The summed E-state index contributed by atoms with van der Waals surface area (Å²) in [4.78, 5) is 17.2. The first-order valence-electron chi connectivity index (χ1n) is 9.51. The van der Waals surface area contributed by atoms with Gasteiger partial charge in [-0.15, -0.1) is 0 Å². The van der Waals surface area contributed by atoms with Crippen LogP contribution < -0.4 is 0 Å². The van der Waals surface area contributed by atoms with Gasteiger partial charge in [0.15, 0.2) is 0 Å². The van der Waals surface area contributed by atoms with Crippen molar-refractivity contribution in [2.24, 2.45) is 5.92 Å². The molecule has 4 rings (SSSR count). The van der Waals surface area contributed by atoms with Crippen LogP contribution in [-0.2, 0) is 11.2 Å². The van der Waals surface area contributed by atoms with Gasteiger partial charge >= 0.3 is 0 Å². The highest BCUT2D eigenvalue weighted by Crippen LogP contribution is 2.48. The molecule has 136 valence electrons. The third-order valence-electron chi connectivity index (χ3n) is 5.65. The number of halogens is 1. The zero-order valence-corrected chi connectivity index (χ0v) is 15.0. The van der Waals surface area contributed by atoms with Crippen LogP contribution in [0.3, 0.4) is 0 Å². The fraction of sp³-hybridized carbons (Fsp3) is 0.409. The first kappa shape index (κ1) is 17.2. The van der Waals surface area contributed by atoms with Gasteiger partial charge in [-0.1, -0.05) is 42.5 Å². The first-order chi connectivity index (χ1) is 12.7. The molecule has 4 heteroatoms. The van der Waals surface area contributed by atoms with E-state index >= 15 is 0 Å². The van der Waals surface area contributed by atoms with Gasteiger partial charge in [0.25, 0.3) is 0 Å². The number of hydrogen-bond donors (Lipinski definition) is 0. The molecular weight excluding hydrogens is 327 g/mol. The Labute approximate surface area is 154 Å². The predicted octanol–water partition coefficient (Wildman–Crippen LogP) is 3.32. The summed E-state index contributed by atoms with van der Waals surface area (Å²) in [6.45, 7) is 4.59. The van der Waals surface area contributed by atoms with Crippen LogP contribution in [0.2, 0.25) is 0 Å². The number of amides is 1. The lowest BCUT2D eigenvalue weighted by molar-refractivity contribution is -0.134. The van der Waals surface area contributed by atoms with E-state index in [1.165, 1.54) is 17.7 Å². The predicted molar refractivity (Wildman–Crippen MR) is 100 cm³/mol. The number of carbonyl (C=O) groups is 1. The fourth-order valence-electron chi connectivity index (χ4n) is 3.90. The molecule has 0 aromatic heterocycles. The van der Waals surface area contributed by atoms with E-state index in [4.69, 9.17) is 0 Å². The maximum absolute atomic E-state index is 13.0. The summed E-state index contributed by atoms with van der Waals surface area (Å²) >= 11 is 0. The quantitative estimate of drug-likeness (QED) is 0.824. The third-order valence-corrected chi connectivity index (χ3v) is 5.65. The van der Waals surface area contributed by atoms with Crippen LogP contribution in [0.25, 0.3) is 0 Å². The van der Waals surface area contributed by atoms with Gasteiger partial charge in [-0.3, -0.25) is 9.69 Å². The van der Waals surface area contributed by atoms with Crippen LogP contribution in [0.15, 0.2) is 54.6 Å². The Morgan fingerprint density at radius 3 is 2.35 bits per heavy atom. The van der Waals surface area contributed by atoms with E-state index in [2.05, 4.69) is 29.2 Å².